The first-order valence-corrected chi connectivity index (χ1v) is 8.16. The van der Waals surface area contributed by atoms with Crippen LogP contribution in [0.3, 0.4) is 0 Å². The Morgan fingerprint density at radius 2 is 2.17 bits per heavy atom. The van der Waals surface area contributed by atoms with Gasteiger partial charge in [-0.15, -0.1) is 11.6 Å². The Bertz CT molecular complexity index is 428. The fourth-order valence-corrected chi connectivity index (χ4v) is 4.90. The standard InChI is InChI=1S/C10H17ClN2O4S/c11-8-5-18(16,17)6-9(8)12-10(15)4-13-2-1-7(14)3-13/h7-9,14H,1-6H2,(H,12,15)/t7-,8?,9?/m1/s1. The summed E-state index contributed by atoms with van der Waals surface area (Å²) >= 11 is 5.90. The van der Waals surface area contributed by atoms with E-state index < -0.39 is 21.3 Å². The monoisotopic (exact) mass is 296 g/mol. The largest absolute Gasteiger partial charge is 0.392 e. The SMILES string of the molecule is O=C(CN1CC[C@@H](O)C1)NC1CS(=O)(=O)CC1Cl. The molecule has 2 rings (SSSR count). The van der Waals surface area contributed by atoms with Gasteiger partial charge in [-0.25, -0.2) is 8.42 Å². The van der Waals surface area contributed by atoms with Crippen LogP contribution in [0.2, 0.25) is 0 Å². The maximum absolute atomic E-state index is 11.7. The number of β-amino-alcohol motifs (C(OH)–C–C–N with tert-alkyl or cyclic N) is 1. The molecule has 0 radical (unpaired) electrons. The summed E-state index contributed by atoms with van der Waals surface area (Å²) in [5.74, 6) is -0.408. The Hall–Kier alpha value is -0.370. The third kappa shape index (κ3) is 3.57. The molecular formula is C10H17ClN2O4S. The number of alkyl halides is 1. The Balaban J connectivity index is 1.81. The van der Waals surface area contributed by atoms with Crippen molar-refractivity contribution in [2.24, 2.45) is 0 Å². The molecular weight excluding hydrogens is 280 g/mol. The van der Waals surface area contributed by atoms with Gasteiger partial charge in [-0.05, 0) is 6.42 Å². The molecule has 8 heteroatoms. The number of carbonyl (C=O) groups is 1. The summed E-state index contributed by atoms with van der Waals surface area (Å²) in [6, 6.07) is -0.503. The molecule has 0 saturated carbocycles. The van der Waals surface area contributed by atoms with Gasteiger partial charge in [-0.3, -0.25) is 9.69 Å². The van der Waals surface area contributed by atoms with E-state index >= 15 is 0 Å². The molecule has 2 heterocycles. The zero-order valence-corrected chi connectivity index (χ0v) is 11.5. The summed E-state index contributed by atoms with van der Waals surface area (Å²) in [5, 5.41) is 11.4. The molecule has 2 aliphatic heterocycles. The topological polar surface area (TPSA) is 86.7 Å². The van der Waals surface area contributed by atoms with E-state index in [-0.39, 0.29) is 30.1 Å². The molecule has 0 aromatic heterocycles. The van der Waals surface area contributed by atoms with Crippen LogP contribution in [0.5, 0.6) is 0 Å². The molecule has 0 bridgehead atoms. The summed E-state index contributed by atoms with van der Waals surface area (Å²) < 4.78 is 22.7. The highest BCUT2D eigenvalue weighted by Gasteiger charge is 2.37. The fraction of sp³-hybridized carbons (Fsp3) is 0.900. The number of likely N-dealkylation sites (tertiary alicyclic amines) is 1. The van der Waals surface area contributed by atoms with Gasteiger partial charge in [0.1, 0.15) is 0 Å². The molecule has 18 heavy (non-hydrogen) atoms. The summed E-state index contributed by atoms with van der Waals surface area (Å²) in [7, 11) is -3.13. The molecule has 2 aliphatic rings. The van der Waals surface area contributed by atoms with Gasteiger partial charge in [0.25, 0.3) is 0 Å². The lowest BCUT2D eigenvalue weighted by Gasteiger charge is -2.18. The van der Waals surface area contributed by atoms with Gasteiger partial charge in [-0.2, -0.15) is 0 Å². The van der Waals surface area contributed by atoms with E-state index in [0.29, 0.717) is 19.5 Å². The van der Waals surface area contributed by atoms with E-state index in [1.807, 2.05) is 4.90 Å². The summed E-state index contributed by atoms with van der Waals surface area (Å²) in [4.78, 5) is 13.6. The lowest BCUT2D eigenvalue weighted by molar-refractivity contribution is -0.122. The van der Waals surface area contributed by atoms with Crippen LogP contribution in [0, 0.1) is 0 Å². The van der Waals surface area contributed by atoms with E-state index in [1.165, 1.54) is 0 Å². The van der Waals surface area contributed by atoms with Gasteiger partial charge in [0, 0.05) is 13.1 Å². The zero-order chi connectivity index (χ0) is 13.3. The molecule has 0 spiro atoms. The average Bonchev–Trinajstić information content (AvgIpc) is 2.71. The number of carbonyl (C=O) groups excluding carboxylic acids is 1. The molecule has 2 unspecified atom stereocenters. The highest BCUT2D eigenvalue weighted by atomic mass is 35.5. The van der Waals surface area contributed by atoms with E-state index in [9.17, 15) is 18.3 Å². The minimum atomic E-state index is -3.13. The first-order chi connectivity index (χ1) is 8.35. The zero-order valence-electron chi connectivity index (χ0n) is 9.88. The normalized spacial score (nSPS) is 35.8. The second-order valence-electron chi connectivity index (χ2n) is 4.94. The molecule has 3 atom stereocenters. The summed E-state index contributed by atoms with van der Waals surface area (Å²) in [5.41, 5.74) is 0. The lowest BCUT2D eigenvalue weighted by Crippen LogP contribution is -2.45. The van der Waals surface area contributed by atoms with Crippen LogP contribution in [0.1, 0.15) is 6.42 Å². The number of rotatable bonds is 3. The molecule has 0 aromatic carbocycles. The summed E-state index contributed by atoms with van der Waals surface area (Å²) in [6.45, 7) is 1.35. The van der Waals surface area contributed by atoms with Crippen LogP contribution in [-0.2, 0) is 14.6 Å². The van der Waals surface area contributed by atoms with Crippen LogP contribution in [-0.4, -0.2) is 73.0 Å². The van der Waals surface area contributed by atoms with Crippen molar-refractivity contribution < 1.29 is 18.3 Å². The molecule has 2 N–H and O–H groups in total. The maximum Gasteiger partial charge on any atom is 0.234 e. The third-order valence-electron chi connectivity index (χ3n) is 3.24. The quantitative estimate of drug-likeness (QED) is 0.624. The minimum absolute atomic E-state index is 0.0814. The predicted molar refractivity (Wildman–Crippen MR) is 67.3 cm³/mol. The first-order valence-electron chi connectivity index (χ1n) is 5.90. The number of nitrogens with zero attached hydrogens (tertiary/aromatic N) is 1. The van der Waals surface area contributed by atoms with Gasteiger partial charge in [0.05, 0.1) is 35.6 Å². The predicted octanol–water partition coefficient (Wildman–Crippen LogP) is -1.43. The van der Waals surface area contributed by atoms with Crippen molar-refractivity contribution in [3.63, 3.8) is 0 Å². The van der Waals surface area contributed by atoms with Gasteiger partial charge >= 0.3 is 0 Å². The second kappa shape index (κ2) is 5.32. The second-order valence-corrected chi connectivity index (χ2v) is 7.66. The average molecular weight is 297 g/mol. The number of aliphatic hydroxyl groups excluding tert-OH is 1. The highest BCUT2D eigenvalue weighted by Crippen LogP contribution is 2.18. The molecule has 6 nitrogen and oxygen atoms in total. The van der Waals surface area contributed by atoms with Gasteiger partial charge in [0.15, 0.2) is 9.84 Å². The molecule has 0 aromatic rings. The molecule has 2 fully saturated rings. The van der Waals surface area contributed by atoms with E-state index in [0.717, 1.165) is 0 Å². The van der Waals surface area contributed by atoms with E-state index in [1.54, 1.807) is 0 Å². The number of hydrogen-bond acceptors (Lipinski definition) is 5. The van der Waals surface area contributed by atoms with Gasteiger partial charge in [0.2, 0.25) is 5.91 Å². The first kappa shape index (κ1) is 14.0. The third-order valence-corrected chi connectivity index (χ3v) is 5.62. The minimum Gasteiger partial charge on any atom is -0.392 e. The van der Waals surface area contributed by atoms with E-state index in [4.69, 9.17) is 11.6 Å². The Labute approximate surface area is 111 Å². The van der Waals surface area contributed by atoms with Gasteiger partial charge < -0.3 is 10.4 Å². The van der Waals surface area contributed by atoms with Crippen molar-refractivity contribution in [1.29, 1.82) is 0 Å². The maximum atomic E-state index is 11.7. The molecule has 0 aliphatic carbocycles. The van der Waals surface area contributed by atoms with Gasteiger partial charge in [-0.1, -0.05) is 0 Å². The fourth-order valence-electron chi connectivity index (χ4n) is 2.35. The van der Waals surface area contributed by atoms with Crippen LogP contribution in [0.4, 0.5) is 0 Å². The van der Waals surface area contributed by atoms with Crippen molar-refractivity contribution in [2.45, 2.75) is 23.9 Å². The van der Waals surface area contributed by atoms with Crippen LogP contribution >= 0.6 is 11.6 Å². The van der Waals surface area contributed by atoms with Crippen molar-refractivity contribution in [1.82, 2.24) is 10.2 Å². The molecule has 2 saturated heterocycles. The number of aliphatic hydroxyl groups is 1. The lowest BCUT2D eigenvalue weighted by atomic mass is 10.2. The Morgan fingerprint density at radius 1 is 1.44 bits per heavy atom. The van der Waals surface area contributed by atoms with E-state index in [2.05, 4.69) is 5.32 Å². The number of sulfone groups is 1. The number of amides is 1. The van der Waals surface area contributed by atoms with Crippen molar-refractivity contribution >= 4 is 27.3 Å². The number of halogens is 1. The van der Waals surface area contributed by atoms with Crippen LogP contribution in [0.25, 0.3) is 0 Å². The Morgan fingerprint density at radius 3 is 2.67 bits per heavy atom. The highest BCUT2D eigenvalue weighted by molar-refractivity contribution is 7.91. The summed E-state index contributed by atoms with van der Waals surface area (Å²) in [6.07, 6.45) is 0.300. The Kier molecular flexibility index (Phi) is 4.15. The van der Waals surface area contributed by atoms with Crippen LogP contribution in [0.15, 0.2) is 0 Å². The van der Waals surface area contributed by atoms with Crippen LogP contribution < -0.4 is 5.32 Å². The van der Waals surface area contributed by atoms with Crippen molar-refractivity contribution in [3.05, 3.63) is 0 Å². The van der Waals surface area contributed by atoms with Crippen molar-refractivity contribution in [2.75, 3.05) is 31.1 Å². The number of hydrogen-bond donors (Lipinski definition) is 2. The smallest absolute Gasteiger partial charge is 0.234 e. The van der Waals surface area contributed by atoms with Crippen molar-refractivity contribution in [3.8, 4) is 0 Å². The number of nitrogens with one attached hydrogen (secondary N) is 1. The molecule has 1 amide bonds. The molecule has 104 valence electrons.